The van der Waals surface area contributed by atoms with Crippen molar-refractivity contribution in [3.8, 4) is 0 Å². The largest absolute Gasteiger partial charge is 0.339 e. The van der Waals surface area contributed by atoms with Crippen LogP contribution in [0.3, 0.4) is 0 Å². The van der Waals surface area contributed by atoms with E-state index in [0.29, 0.717) is 48.3 Å². The summed E-state index contributed by atoms with van der Waals surface area (Å²) in [6, 6.07) is 0.494. The monoisotopic (exact) mass is 475 g/mol. The molecule has 0 radical (unpaired) electrons. The van der Waals surface area contributed by atoms with Gasteiger partial charge >= 0.3 is 6.03 Å². The van der Waals surface area contributed by atoms with E-state index < -0.39 is 23.5 Å². The number of carbonyl (C=O) groups is 2. The van der Waals surface area contributed by atoms with Crippen LogP contribution in [0.4, 0.5) is 29.3 Å². The van der Waals surface area contributed by atoms with Crippen molar-refractivity contribution in [1.82, 2.24) is 24.8 Å². The van der Waals surface area contributed by atoms with E-state index in [9.17, 15) is 22.8 Å². The highest BCUT2D eigenvalue weighted by atomic mass is 19.2. The molecule has 10 nitrogen and oxygen atoms in total. The van der Waals surface area contributed by atoms with Gasteiger partial charge in [0, 0.05) is 30.8 Å². The zero-order valence-corrected chi connectivity index (χ0v) is 18.3. The summed E-state index contributed by atoms with van der Waals surface area (Å²) < 4.78 is 47.2. The quantitative estimate of drug-likeness (QED) is 0.584. The molecule has 34 heavy (non-hydrogen) atoms. The van der Waals surface area contributed by atoms with Crippen molar-refractivity contribution in [2.75, 3.05) is 16.8 Å². The molecular formula is C21H20F3N7O3. The number of urea groups is 1. The Morgan fingerprint density at radius 1 is 1.21 bits per heavy atom. The lowest BCUT2D eigenvalue weighted by Gasteiger charge is -2.35. The third-order valence-electron chi connectivity index (χ3n) is 6.02. The van der Waals surface area contributed by atoms with Crippen LogP contribution in [-0.4, -0.2) is 49.3 Å². The van der Waals surface area contributed by atoms with E-state index >= 15 is 0 Å². The van der Waals surface area contributed by atoms with Gasteiger partial charge in [0.2, 0.25) is 11.8 Å². The van der Waals surface area contributed by atoms with Gasteiger partial charge < -0.3 is 19.6 Å². The van der Waals surface area contributed by atoms with E-state index in [1.807, 2.05) is 0 Å². The molecule has 13 heteroatoms. The molecule has 1 aromatic carbocycles. The molecule has 4 heterocycles. The first-order chi connectivity index (χ1) is 16.2. The number of rotatable bonds is 3. The number of aromatic nitrogens is 4. The van der Waals surface area contributed by atoms with Gasteiger partial charge in [-0.05, 0) is 13.8 Å². The minimum absolute atomic E-state index is 0.0998. The summed E-state index contributed by atoms with van der Waals surface area (Å²) in [7, 11) is 0. The minimum Gasteiger partial charge on any atom is -0.339 e. The molecule has 3 aromatic rings. The van der Waals surface area contributed by atoms with Gasteiger partial charge in [0.05, 0.1) is 42.6 Å². The molecule has 2 atom stereocenters. The maximum absolute atomic E-state index is 13.5. The van der Waals surface area contributed by atoms with Crippen LogP contribution in [0, 0.1) is 24.4 Å². The molecule has 3 amide bonds. The fourth-order valence-electron chi connectivity index (χ4n) is 4.29. The number of carbonyl (C=O) groups excluding carboxylic acids is 2. The van der Waals surface area contributed by atoms with Crippen LogP contribution in [0.5, 0.6) is 0 Å². The Labute approximate surface area is 191 Å². The Morgan fingerprint density at radius 3 is 2.62 bits per heavy atom. The lowest BCUT2D eigenvalue weighted by atomic mass is 10.1. The van der Waals surface area contributed by atoms with E-state index in [1.165, 1.54) is 4.90 Å². The predicted molar refractivity (Wildman–Crippen MR) is 111 cm³/mol. The van der Waals surface area contributed by atoms with Gasteiger partial charge in [0.15, 0.2) is 23.3 Å². The summed E-state index contributed by atoms with van der Waals surface area (Å²) in [5.74, 6) is -3.93. The van der Waals surface area contributed by atoms with Crippen molar-refractivity contribution in [3.63, 3.8) is 0 Å². The number of nitrogens with one attached hydrogen (secondary N) is 1. The second kappa shape index (κ2) is 8.15. The molecule has 1 saturated heterocycles. The van der Waals surface area contributed by atoms with Crippen LogP contribution in [0.25, 0.3) is 0 Å². The first-order valence-electron chi connectivity index (χ1n) is 10.6. The molecule has 1 N–H and O–H groups in total. The number of benzene rings is 1. The molecule has 5 rings (SSSR count). The molecule has 2 aliphatic rings. The van der Waals surface area contributed by atoms with Gasteiger partial charge in [-0.2, -0.15) is 10.1 Å². The van der Waals surface area contributed by atoms with Crippen molar-refractivity contribution in [3.05, 3.63) is 53.2 Å². The van der Waals surface area contributed by atoms with Gasteiger partial charge in [0.1, 0.15) is 0 Å². The van der Waals surface area contributed by atoms with Gasteiger partial charge in [-0.3, -0.25) is 9.48 Å². The Kier molecular flexibility index (Phi) is 5.25. The zero-order chi connectivity index (χ0) is 24.1. The first kappa shape index (κ1) is 21.9. The summed E-state index contributed by atoms with van der Waals surface area (Å²) >= 11 is 0. The van der Waals surface area contributed by atoms with Crippen LogP contribution >= 0.6 is 0 Å². The molecule has 0 spiro atoms. The summed E-state index contributed by atoms with van der Waals surface area (Å²) in [6.07, 6.45) is 1.78. The van der Waals surface area contributed by atoms with Crippen molar-refractivity contribution in [1.29, 1.82) is 0 Å². The number of anilines is 2. The smallest absolute Gasteiger partial charge is 0.322 e. The minimum atomic E-state index is -1.61. The van der Waals surface area contributed by atoms with Crippen LogP contribution in [-0.2, 0) is 17.9 Å². The average Bonchev–Trinajstić information content (AvgIpc) is 3.49. The summed E-state index contributed by atoms with van der Waals surface area (Å²) in [5, 5.41) is 10.6. The third-order valence-corrected chi connectivity index (χ3v) is 6.02. The Bertz CT molecular complexity index is 1270. The average molecular weight is 475 g/mol. The first-order valence-corrected chi connectivity index (χ1v) is 10.6. The van der Waals surface area contributed by atoms with E-state index in [0.717, 1.165) is 0 Å². The highest BCUT2D eigenvalue weighted by molar-refractivity contribution is 5.97. The molecule has 0 saturated carbocycles. The molecule has 0 aliphatic carbocycles. The van der Waals surface area contributed by atoms with Crippen LogP contribution in [0.15, 0.2) is 22.9 Å². The highest BCUT2D eigenvalue weighted by Crippen LogP contribution is 2.35. The van der Waals surface area contributed by atoms with E-state index in [-0.39, 0.29) is 36.5 Å². The molecule has 178 valence electrons. The van der Waals surface area contributed by atoms with Gasteiger partial charge in [-0.25, -0.2) is 18.0 Å². The topological polar surface area (TPSA) is 109 Å². The number of aryl methyl sites for hydroxylation is 1. The van der Waals surface area contributed by atoms with E-state index in [2.05, 4.69) is 20.6 Å². The molecule has 2 unspecified atom stereocenters. The summed E-state index contributed by atoms with van der Waals surface area (Å²) in [6.45, 7) is 4.27. The fourth-order valence-corrected chi connectivity index (χ4v) is 4.29. The lowest BCUT2D eigenvalue weighted by molar-refractivity contribution is -0.117. The number of halogens is 3. The zero-order valence-electron chi connectivity index (χ0n) is 18.3. The van der Waals surface area contributed by atoms with Crippen LogP contribution < -0.4 is 10.2 Å². The Hall–Kier alpha value is -3.90. The van der Waals surface area contributed by atoms with Crippen molar-refractivity contribution < 1.29 is 27.3 Å². The molecule has 0 bridgehead atoms. The fraction of sp³-hybridized carbons (Fsp3) is 0.381. The van der Waals surface area contributed by atoms with Crippen molar-refractivity contribution >= 4 is 23.3 Å². The maximum atomic E-state index is 13.5. The molecular weight excluding hydrogens is 455 g/mol. The second-order valence-electron chi connectivity index (χ2n) is 8.40. The van der Waals surface area contributed by atoms with Gasteiger partial charge in [-0.1, -0.05) is 5.16 Å². The molecule has 1 fully saturated rings. The number of fused-ring (bicyclic) bond motifs is 1. The lowest BCUT2D eigenvalue weighted by Crippen LogP contribution is -2.47. The summed E-state index contributed by atoms with van der Waals surface area (Å²) in [4.78, 5) is 32.9. The van der Waals surface area contributed by atoms with Crippen LogP contribution in [0.2, 0.25) is 0 Å². The normalized spacial score (nSPS) is 20.1. The predicted octanol–water partition coefficient (Wildman–Crippen LogP) is 2.95. The number of nitrogens with zero attached hydrogens (tertiary/aromatic N) is 6. The van der Waals surface area contributed by atoms with Crippen molar-refractivity contribution in [2.45, 2.75) is 45.3 Å². The number of amides is 3. The second-order valence-corrected chi connectivity index (χ2v) is 8.40. The maximum Gasteiger partial charge on any atom is 0.322 e. The van der Waals surface area contributed by atoms with Gasteiger partial charge in [-0.15, -0.1) is 0 Å². The standard InChI is InChI=1S/C21H20F3N7O3/c1-10-7-31-17(9-29(10)21(33)27-13-4-14(22)19(24)15(23)5-13)16(6-25-31)30-8-12(3-18(30)32)20-26-11(2)28-34-20/h4-6,10,12H,3,7-9H2,1-2H3,(H,27,33). The van der Waals surface area contributed by atoms with Crippen LogP contribution in [0.1, 0.15) is 36.7 Å². The molecule has 2 aromatic heterocycles. The van der Waals surface area contributed by atoms with Crippen molar-refractivity contribution in [2.24, 2.45) is 0 Å². The molecule has 2 aliphatic heterocycles. The Balaban J connectivity index is 1.36. The SMILES string of the molecule is Cc1noc(C2CC(=O)N(c3cnn4c3CN(C(=O)Nc3cc(F)c(F)c(F)c3)C(C)C4)C2)n1. The highest BCUT2D eigenvalue weighted by Gasteiger charge is 2.38. The number of hydrogen-bond acceptors (Lipinski definition) is 6. The third kappa shape index (κ3) is 3.76. The van der Waals surface area contributed by atoms with E-state index in [1.54, 1.807) is 29.6 Å². The summed E-state index contributed by atoms with van der Waals surface area (Å²) in [5.41, 5.74) is 0.994. The van der Waals surface area contributed by atoms with E-state index in [4.69, 9.17) is 4.52 Å². The number of hydrogen-bond donors (Lipinski definition) is 1. The Morgan fingerprint density at radius 2 is 1.94 bits per heavy atom. The van der Waals surface area contributed by atoms with Gasteiger partial charge in [0.25, 0.3) is 0 Å².